The number of halogens is 1. The number of benzene rings is 7. The summed E-state index contributed by atoms with van der Waals surface area (Å²) in [7, 11) is -0.533. The quantitative estimate of drug-likeness (QED) is 0.124. The molecule has 1 aliphatic heterocycles. The van der Waals surface area contributed by atoms with Gasteiger partial charge in [0.2, 0.25) is 5.28 Å². The number of fused-ring (bicyclic) bond motifs is 7. The lowest BCUT2D eigenvalue weighted by Crippen LogP contribution is -2.46. The largest absolute Gasteiger partial charge is 0.494 e. The molecule has 0 bridgehead atoms. The molecule has 1 aliphatic carbocycles. The maximum Gasteiger partial charge on any atom is 0.494 e. The SMILES string of the molecule is CC1(C)OB(c2ccc(C3(c4ccc5sc6ccccc6c5c4)c4ccccc4-c4ccccc43)cc2)OC1(C)Cc1cccc(-c2nc(Cl)nc3ccccc23)c1. The Bertz CT molecular complexity index is 3040. The van der Waals surface area contributed by atoms with E-state index >= 15 is 0 Å². The van der Waals surface area contributed by atoms with Gasteiger partial charge in [-0.25, -0.2) is 9.97 Å². The van der Waals surface area contributed by atoms with Gasteiger partial charge in [0.05, 0.1) is 27.8 Å². The molecule has 0 spiro atoms. The van der Waals surface area contributed by atoms with Crippen LogP contribution in [-0.2, 0) is 21.1 Å². The van der Waals surface area contributed by atoms with Crippen molar-refractivity contribution < 1.29 is 9.31 Å². The van der Waals surface area contributed by atoms with E-state index in [4.69, 9.17) is 20.9 Å². The van der Waals surface area contributed by atoms with E-state index in [-0.39, 0.29) is 5.28 Å². The molecule has 1 saturated heterocycles. The molecule has 0 radical (unpaired) electrons. The van der Waals surface area contributed by atoms with Crippen LogP contribution < -0.4 is 5.46 Å². The van der Waals surface area contributed by atoms with Crippen molar-refractivity contribution in [1.82, 2.24) is 9.97 Å². The van der Waals surface area contributed by atoms with E-state index in [9.17, 15) is 0 Å². The van der Waals surface area contributed by atoms with Crippen LogP contribution in [0.1, 0.15) is 48.6 Å². The monoisotopic (exact) mass is 788 g/mol. The van der Waals surface area contributed by atoms with E-state index in [0.717, 1.165) is 33.2 Å². The van der Waals surface area contributed by atoms with E-state index in [1.807, 2.05) is 35.6 Å². The van der Waals surface area contributed by atoms with Gasteiger partial charge < -0.3 is 9.31 Å². The third kappa shape index (κ3) is 5.36. The van der Waals surface area contributed by atoms with Crippen LogP contribution >= 0.6 is 22.9 Å². The molecule has 1 atom stereocenters. The number of hydrogen-bond donors (Lipinski definition) is 0. The molecule has 3 heterocycles. The van der Waals surface area contributed by atoms with E-state index < -0.39 is 23.7 Å². The third-order valence-electron chi connectivity index (χ3n) is 12.7. The van der Waals surface area contributed by atoms with Gasteiger partial charge in [-0.2, -0.15) is 0 Å². The lowest BCUT2D eigenvalue weighted by Gasteiger charge is -2.36. The van der Waals surface area contributed by atoms with Crippen molar-refractivity contribution in [3.05, 3.63) is 197 Å². The highest BCUT2D eigenvalue weighted by Gasteiger charge is 2.55. The van der Waals surface area contributed by atoms with Crippen molar-refractivity contribution in [2.24, 2.45) is 0 Å². The molecule has 58 heavy (non-hydrogen) atoms. The summed E-state index contributed by atoms with van der Waals surface area (Å²) in [4.78, 5) is 9.09. The van der Waals surface area contributed by atoms with Gasteiger partial charge in [0, 0.05) is 37.5 Å². The van der Waals surface area contributed by atoms with Crippen molar-refractivity contribution >= 4 is 66.6 Å². The minimum absolute atomic E-state index is 0.234. The first-order valence-electron chi connectivity index (χ1n) is 19.8. The molecule has 2 aliphatic rings. The smallest absolute Gasteiger partial charge is 0.399 e. The standard InChI is InChI=1S/C51H38BClN2O2S/c1-49(2)50(3,31-32-13-12-14-33(29-32)47-40-18-6-10-21-44(40)54-48(53)55-47)57-52(56-49)36-26-23-34(24-27-36)51(42-19-8-4-15-37(42)38-16-5-9-20-43(38)51)35-25-28-46-41(30-35)39-17-7-11-22-45(39)58-46/h4-30H,31H2,1-3H3. The molecule has 0 saturated carbocycles. The highest BCUT2D eigenvalue weighted by Crippen LogP contribution is 2.56. The van der Waals surface area contributed by atoms with E-state index in [0.29, 0.717) is 6.42 Å². The Hall–Kier alpha value is -5.63. The second-order valence-corrected chi connectivity index (χ2v) is 17.7. The second kappa shape index (κ2) is 13.2. The molecule has 4 nitrogen and oxygen atoms in total. The molecule has 0 N–H and O–H groups in total. The topological polar surface area (TPSA) is 44.2 Å². The van der Waals surface area contributed by atoms with Crippen LogP contribution in [0.2, 0.25) is 5.28 Å². The third-order valence-corrected chi connectivity index (χ3v) is 14.1. The summed E-state index contributed by atoms with van der Waals surface area (Å²) in [5, 5.41) is 3.80. The molecule has 280 valence electrons. The zero-order valence-corrected chi connectivity index (χ0v) is 33.9. The van der Waals surface area contributed by atoms with Crippen LogP contribution in [0, 0.1) is 0 Å². The van der Waals surface area contributed by atoms with Crippen molar-refractivity contribution in [3.8, 4) is 22.4 Å². The Morgan fingerprint density at radius 1 is 0.586 bits per heavy atom. The second-order valence-electron chi connectivity index (χ2n) is 16.3. The molecule has 7 heteroatoms. The van der Waals surface area contributed by atoms with Crippen LogP contribution in [-0.4, -0.2) is 28.3 Å². The zero-order valence-electron chi connectivity index (χ0n) is 32.4. The van der Waals surface area contributed by atoms with Gasteiger partial charge in [0.25, 0.3) is 0 Å². The first-order chi connectivity index (χ1) is 28.2. The van der Waals surface area contributed by atoms with E-state index in [1.54, 1.807) is 0 Å². The zero-order chi connectivity index (χ0) is 39.2. The Labute approximate surface area is 347 Å². The van der Waals surface area contributed by atoms with Crippen molar-refractivity contribution in [2.75, 3.05) is 0 Å². The van der Waals surface area contributed by atoms with E-state index in [2.05, 4.69) is 170 Å². The molecule has 2 aromatic heterocycles. The summed E-state index contributed by atoms with van der Waals surface area (Å²) in [6.45, 7) is 6.43. The predicted molar refractivity (Wildman–Crippen MR) is 240 cm³/mol. The van der Waals surface area contributed by atoms with Gasteiger partial charge in [0.15, 0.2) is 0 Å². The summed E-state index contributed by atoms with van der Waals surface area (Å²) in [5.41, 5.74) is 10.6. The molecular weight excluding hydrogens is 751 g/mol. The van der Waals surface area contributed by atoms with E-state index in [1.165, 1.54) is 53.6 Å². The summed E-state index contributed by atoms with van der Waals surface area (Å²) in [6.07, 6.45) is 0.648. The molecule has 9 aromatic rings. The Morgan fingerprint density at radius 3 is 2.02 bits per heavy atom. The van der Waals surface area contributed by atoms with Crippen molar-refractivity contribution in [3.63, 3.8) is 0 Å². The fourth-order valence-electron chi connectivity index (χ4n) is 9.54. The molecule has 7 aromatic carbocycles. The van der Waals surface area contributed by atoms with Gasteiger partial charge in [-0.05, 0) is 107 Å². The fourth-order valence-corrected chi connectivity index (χ4v) is 10.8. The number of thiophene rings is 1. The summed E-state index contributed by atoms with van der Waals surface area (Å²) < 4.78 is 16.4. The summed E-state index contributed by atoms with van der Waals surface area (Å²) in [5.74, 6) is 0. The Kier molecular flexibility index (Phi) is 8.09. The van der Waals surface area contributed by atoms with Crippen LogP contribution in [0.4, 0.5) is 0 Å². The highest BCUT2D eigenvalue weighted by atomic mass is 35.5. The van der Waals surface area contributed by atoms with Gasteiger partial charge in [-0.15, -0.1) is 11.3 Å². The van der Waals surface area contributed by atoms with Crippen molar-refractivity contribution in [1.29, 1.82) is 0 Å². The first kappa shape index (κ1) is 35.5. The molecule has 1 unspecified atom stereocenters. The molecule has 1 fully saturated rings. The molecule has 11 rings (SSSR count). The normalized spacial score (nSPS) is 17.9. The maximum absolute atomic E-state index is 6.99. The summed E-state index contributed by atoms with van der Waals surface area (Å²) >= 11 is 8.25. The lowest BCUT2D eigenvalue weighted by atomic mass is 9.66. The van der Waals surface area contributed by atoms with Crippen LogP contribution in [0.5, 0.6) is 0 Å². The fraction of sp³-hybridized carbons (Fsp3) is 0.137. The van der Waals surface area contributed by atoms with Gasteiger partial charge in [0.1, 0.15) is 0 Å². The Morgan fingerprint density at radius 2 is 1.24 bits per heavy atom. The number of para-hydroxylation sites is 1. The first-order valence-corrected chi connectivity index (χ1v) is 21.0. The van der Waals surface area contributed by atoms with Crippen LogP contribution in [0.15, 0.2) is 164 Å². The van der Waals surface area contributed by atoms with Crippen LogP contribution in [0.3, 0.4) is 0 Å². The minimum atomic E-state index is -0.621. The number of aromatic nitrogens is 2. The average molecular weight is 789 g/mol. The molecular formula is C51H38BClN2O2S. The number of hydrogen-bond acceptors (Lipinski definition) is 5. The minimum Gasteiger partial charge on any atom is -0.399 e. The molecule has 0 amide bonds. The lowest BCUT2D eigenvalue weighted by molar-refractivity contribution is -0.00876. The van der Waals surface area contributed by atoms with Crippen LogP contribution in [0.25, 0.3) is 53.5 Å². The van der Waals surface area contributed by atoms with Crippen molar-refractivity contribution in [2.45, 2.75) is 43.8 Å². The average Bonchev–Trinajstić information content (AvgIpc) is 3.85. The van der Waals surface area contributed by atoms with Gasteiger partial charge >= 0.3 is 7.12 Å². The predicted octanol–water partition coefficient (Wildman–Crippen LogP) is 12.2. The Balaban J connectivity index is 0.965. The maximum atomic E-state index is 6.99. The van der Waals surface area contributed by atoms with Gasteiger partial charge in [-0.1, -0.05) is 133 Å². The number of rotatable bonds is 6. The summed E-state index contributed by atoms with van der Waals surface area (Å²) in [6, 6.07) is 59.1. The van der Waals surface area contributed by atoms with Gasteiger partial charge in [-0.3, -0.25) is 0 Å². The number of nitrogens with zero attached hydrogens (tertiary/aromatic N) is 2. The highest BCUT2D eigenvalue weighted by molar-refractivity contribution is 7.25.